The Bertz CT molecular complexity index is 399. The van der Waals surface area contributed by atoms with Crippen LogP contribution in [0.25, 0.3) is 0 Å². The van der Waals surface area contributed by atoms with Crippen LogP contribution in [0.15, 0.2) is 30.3 Å². The van der Waals surface area contributed by atoms with Gasteiger partial charge in [0.25, 0.3) is 0 Å². The number of rotatable bonds is 12. The van der Waals surface area contributed by atoms with Gasteiger partial charge in [-0.2, -0.15) is 0 Å². The maximum atomic E-state index is 11.6. The SMILES string of the molecule is CCCCCCCCCCC(C(=O)O)C(C)c1ccccc1. The van der Waals surface area contributed by atoms with Crippen LogP contribution in [0.2, 0.25) is 0 Å². The molecule has 1 aromatic carbocycles. The van der Waals surface area contributed by atoms with Crippen LogP contribution in [0.4, 0.5) is 0 Å². The third-order valence-corrected chi connectivity index (χ3v) is 4.61. The highest BCUT2D eigenvalue weighted by Gasteiger charge is 2.25. The maximum absolute atomic E-state index is 11.6. The van der Waals surface area contributed by atoms with Gasteiger partial charge in [0.2, 0.25) is 0 Å². The van der Waals surface area contributed by atoms with Crippen LogP contribution in [0.5, 0.6) is 0 Å². The second-order valence-corrected chi connectivity index (χ2v) is 6.41. The number of carbonyl (C=O) groups is 1. The molecule has 0 bridgehead atoms. The summed E-state index contributed by atoms with van der Waals surface area (Å²) in [7, 11) is 0. The minimum atomic E-state index is -0.653. The van der Waals surface area contributed by atoms with Gasteiger partial charge in [0.05, 0.1) is 5.92 Å². The van der Waals surface area contributed by atoms with Crippen LogP contribution in [-0.2, 0) is 4.79 Å². The van der Waals surface area contributed by atoms with Gasteiger partial charge in [-0.05, 0) is 17.9 Å². The molecule has 0 heterocycles. The fourth-order valence-electron chi connectivity index (χ4n) is 3.07. The molecule has 0 spiro atoms. The molecule has 0 saturated carbocycles. The number of hydrogen-bond donors (Lipinski definition) is 1. The highest BCUT2D eigenvalue weighted by molar-refractivity contribution is 5.71. The predicted octanol–water partition coefficient (Wildman–Crippen LogP) is 6.02. The van der Waals surface area contributed by atoms with Gasteiger partial charge in [-0.25, -0.2) is 0 Å². The minimum Gasteiger partial charge on any atom is -0.481 e. The molecule has 0 aliphatic heterocycles. The summed E-state index contributed by atoms with van der Waals surface area (Å²) in [6.07, 6.45) is 10.8. The first-order valence-electron chi connectivity index (χ1n) is 8.94. The normalized spacial score (nSPS) is 13.7. The summed E-state index contributed by atoms with van der Waals surface area (Å²) >= 11 is 0. The van der Waals surface area contributed by atoms with E-state index in [0.29, 0.717) is 0 Å². The second kappa shape index (κ2) is 11.3. The van der Waals surface area contributed by atoms with Gasteiger partial charge in [0, 0.05) is 0 Å². The number of aliphatic carboxylic acids is 1. The third-order valence-electron chi connectivity index (χ3n) is 4.61. The van der Waals surface area contributed by atoms with E-state index in [-0.39, 0.29) is 11.8 Å². The molecule has 2 nitrogen and oxygen atoms in total. The quantitative estimate of drug-likeness (QED) is 0.479. The third kappa shape index (κ3) is 7.11. The molecule has 0 saturated heterocycles. The van der Waals surface area contributed by atoms with Gasteiger partial charge >= 0.3 is 5.97 Å². The van der Waals surface area contributed by atoms with Crippen LogP contribution >= 0.6 is 0 Å². The summed E-state index contributed by atoms with van der Waals surface area (Å²) in [5.74, 6) is -0.829. The molecule has 2 unspecified atom stereocenters. The molecule has 124 valence electrons. The fourth-order valence-corrected chi connectivity index (χ4v) is 3.07. The lowest BCUT2D eigenvalue weighted by Gasteiger charge is -2.20. The van der Waals surface area contributed by atoms with E-state index >= 15 is 0 Å². The van der Waals surface area contributed by atoms with Crippen molar-refractivity contribution in [2.24, 2.45) is 5.92 Å². The molecule has 1 N–H and O–H groups in total. The Morgan fingerprint density at radius 1 is 0.955 bits per heavy atom. The molecule has 0 amide bonds. The largest absolute Gasteiger partial charge is 0.481 e. The van der Waals surface area contributed by atoms with Gasteiger partial charge in [0.1, 0.15) is 0 Å². The average Bonchev–Trinajstić information content (AvgIpc) is 2.53. The summed E-state index contributed by atoms with van der Waals surface area (Å²) in [5.41, 5.74) is 1.13. The van der Waals surface area contributed by atoms with Crippen molar-refractivity contribution < 1.29 is 9.90 Å². The van der Waals surface area contributed by atoms with Gasteiger partial charge in [-0.3, -0.25) is 4.79 Å². The van der Waals surface area contributed by atoms with Crippen LogP contribution in [0.3, 0.4) is 0 Å². The Hall–Kier alpha value is -1.31. The molecule has 0 aliphatic rings. The fraction of sp³-hybridized carbons (Fsp3) is 0.650. The lowest BCUT2D eigenvalue weighted by Crippen LogP contribution is -2.20. The summed E-state index contributed by atoms with van der Waals surface area (Å²) in [5, 5.41) is 9.50. The van der Waals surface area contributed by atoms with Crippen molar-refractivity contribution in [3.8, 4) is 0 Å². The van der Waals surface area contributed by atoms with Crippen molar-refractivity contribution in [2.45, 2.75) is 77.6 Å². The molecule has 22 heavy (non-hydrogen) atoms. The molecule has 0 aromatic heterocycles. The number of benzene rings is 1. The van der Waals surface area contributed by atoms with Crippen molar-refractivity contribution in [3.63, 3.8) is 0 Å². The zero-order valence-electron chi connectivity index (χ0n) is 14.3. The van der Waals surface area contributed by atoms with Gasteiger partial charge in [-0.15, -0.1) is 0 Å². The van der Waals surface area contributed by atoms with E-state index < -0.39 is 5.97 Å². The van der Waals surface area contributed by atoms with Gasteiger partial charge in [0.15, 0.2) is 0 Å². The smallest absolute Gasteiger partial charge is 0.307 e. The van der Waals surface area contributed by atoms with E-state index in [9.17, 15) is 9.90 Å². The topological polar surface area (TPSA) is 37.3 Å². The molecule has 1 aromatic rings. The molecule has 2 heteroatoms. The first-order valence-corrected chi connectivity index (χ1v) is 8.94. The van der Waals surface area contributed by atoms with Gasteiger partial charge < -0.3 is 5.11 Å². The Morgan fingerprint density at radius 2 is 1.50 bits per heavy atom. The van der Waals surface area contributed by atoms with Crippen molar-refractivity contribution in [1.82, 2.24) is 0 Å². The van der Waals surface area contributed by atoms with Crippen molar-refractivity contribution in [2.75, 3.05) is 0 Å². The lowest BCUT2D eigenvalue weighted by molar-refractivity contribution is -0.142. The zero-order valence-corrected chi connectivity index (χ0v) is 14.3. The number of carboxylic acids is 1. The summed E-state index contributed by atoms with van der Waals surface area (Å²) in [6, 6.07) is 10.0. The first kappa shape index (κ1) is 18.7. The van der Waals surface area contributed by atoms with E-state index in [0.717, 1.165) is 24.8 Å². The number of hydrogen-bond acceptors (Lipinski definition) is 1. The maximum Gasteiger partial charge on any atom is 0.307 e. The lowest BCUT2D eigenvalue weighted by atomic mass is 9.84. The van der Waals surface area contributed by atoms with Crippen molar-refractivity contribution >= 4 is 5.97 Å². The predicted molar refractivity (Wildman–Crippen MR) is 93.2 cm³/mol. The molecule has 2 atom stereocenters. The molecule has 0 radical (unpaired) electrons. The molecule has 1 rings (SSSR count). The van der Waals surface area contributed by atoms with Crippen molar-refractivity contribution in [1.29, 1.82) is 0 Å². The average molecular weight is 304 g/mol. The molecule has 0 fully saturated rings. The Labute approximate surface area is 135 Å². The van der Waals surface area contributed by atoms with E-state index in [1.807, 2.05) is 37.3 Å². The summed E-state index contributed by atoms with van der Waals surface area (Å²) in [4.78, 5) is 11.6. The molecule has 0 aliphatic carbocycles. The van der Waals surface area contributed by atoms with E-state index in [4.69, 9.17) is 0 Å². The standard InChI is InChI=1S/C20H32O2/c1-3-4-5-6-7-8-9-13-16-19(20(21)22)17(2)18-14-11-10-12-15-18/h10-12,14-15,17,19H,3-9,13,16H2,1-2H3,(H,21,22). The van der Waals surface area contributed by atoms with Crippen LogP contribution in [0, 0.1) is 5.92 Å². The monoisotopic (exact) mass is 304 g/mol. The second-order valence-electron chi connectivity index (χ2n) is 6.41. The number of unbranched alkanes of at least 4 members (excludes halogenated alkanes) is 7. The zero-order chi connectivity index (χ0) is 16.2. The van der Waals surface area contributed by atoms with Crippen LogP contribution in [0.1, 0.15) is 83.1 Å². The van der Waals surface area contributed by atoms with Crippen LogP contribution < -0.4 is 0 Å². The van der Waals surface area contributed by atoms with Crippen LogP contribution in [-0.4, -0.2) is 11.1 Å². The minimum absolute atomic E-state index is 0.0863. The summed E-state index contributed by atoms with van der Waals surface area (Å²) in [6.45, 7) is 4.28. The highest BCUT2D eigenvalue weighted by Crippen LogP contribution is 2.28. The highest BCUT2D eigenvalue weighted by atomic mass is 16.4. The van der Waals surface area contributed by atoms with Crippen molar-refractivity contribution in [3.05, 3.63) is 35.9 Å². The van der Waals surface area contributed by atoms with E-state index in [1.54, 1.807) is 0 Å². The van der Waals surface area contributed by atoms with E-state index in [2.05, 4.69) is 6.92 Å². The number of carboxylic acid groups (broad SMARTS) is 1. The van der Waals surface area contributed by atoms with E-state index in [1.165, 1.54) is 38.5 Å². The Balaban J connectivity index is 2.29. The molecular weight excluding hydrogens is 272 g/mol. The Kier molecular flexibility index (Phi) is 9.61. The molecular formula is C20H32O2. The first-order chi connectivity index (χ1) is 10.7. The Morgan fingerprint density at radius 3 is 2.05 bits per heavy atom. The van der Waals surface area contributed by atoms with Gasteiger partial charge in [-0.1, -0.05) is 95.5 Å². The summed E-state index contributed by atoms with van der Waals surface area (Å²) < 4.78 is 0.